The summed E-state index contributed by atoms with van der Waals surface area (Å²) >= 11 is 0. The molecule has 0 spiro atoms. The van der Waals surface area contributed by atoms with Gasteiger partial charge in [0.25, 0.3) is 11.8 Å². The summed E-state index contributed by atoms with van der Waals surface area (Å²) in [5.41, 5.74) is 1.71. The van der Waals surface area contributed by atoms with Crippen molar-refractivity contribution in [1.82, 2.24) is 59.1 Å². The molecule has 5 aliphatic rings. The van der Waals surface area contributed by atoms with E-state index in [2.05, 4.69) is 71.2 Å². The van der Waals surface area contributed by atoms with E-state index in [-0.39, 0.29) is 56.1 Å². The average molecular weight is 1130 g/mol. The molecule has 2 aliphatic carbocycles. The maximum Gasteiger partial charge on any atom is 0.324 e. The van der Waals surface area contributed by atoms with Crippen molar-refractivity contribution in [2.24, 2.45) is 0 Å². The Morgan fingerprint density at radius 3 is 1.47 bits per heavy atom. The molecule has 32 heteroatoms. The minimum absolute atomic E-state index is 0.00809. The van der Waals surface area contributed by atoms with Crippen LogP contribution in [0.2, 0.25) is 0 Å². The van der Waals surface area contributed by atoms with Gasteiger partial charge in [0, 0.05) is 36.5 Å². The topological polar surface area (TPSA) is 397 Å². The zero-order valence-electron chi connectivity index (χ0n) is 42.6. The van der Waals surface area contributed by atoms with Crippen LogP contribution in [-0.4, -0.2) is 158 Å². The lowest BCUT2D eigenvalue weighted by atomic mass is 10.1. The Morgan fingerprint density at radius 1 is 0.582 bits per heavy atom. The van der Waals surface area contributed by atoms with E-state index < -0.39 is 92.9 Å². The number of aromatic nitrogens is 8. The van der Waals surface area contributed by atoms with Crippen molar-refractivity contribution >= 4 is 89.3 Å². The van der Waals surface area contributed by atoms with Crippen molar-refractivity contribution in [3.63, 3.8) is 0 Å². The third-order valence-electron chi connectivity index (χ3n) is 12.9. The van der Waals surface area contributed by atoms with Crippen molar-refractivity contribution in [2.75, 3.05) is 34.4 Å². The van der Waals surface area contributed by atoms with Crippen LogP contribution < -0.4 is 41.3 Å². The summed E-state index contributed by atoms with van der Waals surface area (Å²) in [5.74, 6) is -1.61. The number of hydrogen-bond donors (Lipinski definition) is 10. The Bertz CT molecular complexity index is 3510. The summed E-state index contributed by atoms with van der Waals surface area (Å²) < 4.78 is 81.3. The number of hydrogen-bond acceptors (Lipinski definition) is 20. The Balaban J connectivity index is 0.000000179. The zero-order chi connectivity index (χ0) is 56.0. The van der Waals surface area contributed by atoms with Gasteiger partial charge in [0.15, 0.2) is 64.4 Å². The van der Waals surface area contributed by atoms with E-state index in [1.807, 2.05) is 6.92 Å². The molecule has 7 heterocycles. The molecule has 0 radical (unpaired) electrons. The third kappa shape index (κ3) is 12.0. The van der Waals surface area contributed by atoms with Gasteiger partial charge in [-0.2, -0.15) is 0 Å². The predicted octanol–water partition coefficient (Wildman–Crippen LogP) is 1.13. The second-order valence-corrected chi connectivity index (χ2v) is 22.7. The van der Waals surface area contributed by atoms with E-state index in [0.29, 0.717) is 30.1 Å². The quantitative estimate of drug-likeness (QED) is 0.0649. The van der Waals surface area contributed by atoms with Crippen molar-refractivity contribution in [3.8, 4) is 0 Å². The van der Waals surface area contributed by atoms with Crippen LogP contribution in [0.15, 0.2) is 83.6 Å². The van der Waals surface area contributed by atoms with Crippen LogP contribution in [-0.2, 0) is 48.6 Å². The first-order chi connectivity index (χ1) is 37.7. The van der Waals surface area contributed by atoms with Gasteiger partial charge in [-0.15, -0.1) is 0 Å². The fourth-order valence-corrected chi connectivity index (χ4v) is 11.5. The molecular formula is C47H56N16O14S2. The largest absolute Gasteiger partial charge is 0.387 e. The first kappa shape index (κ1) is 54.9. The summed E-state index contributed by atoms with van der Waals surface area (Å²) in [7, 11) is -7.21. The first-order valence-corrected chi connectivity index (χ1v) is 28.0. The molecule has 2 aromatic carbocycles. The van der Waals surface area contributed by atoms with Crippen LogP contribution in [0.3, 0.4) is 0 Å². The van der Waals surface area contributed by atoms with E-state index in [0.717, 1.165) is 25.7 Å². The molecule has 3 aliphatic heterocycles. The second-order valence-electron chi connectivity index (χ2n) is 19.3. The molecule has 79 heavy (non-hydrogen) atoms. The summed E-state index contributed by atoms with van der Waals surface area (Å²) in [4.78, 5) is 75.7. The molecular weight excluding hydrogens is 1080 g/mol. The number of likely N-dealkylation sites (N-methyl/N-ethyl adjacent to an activating group) is 2. The van der Waals surface area contributed by atoms with E-state index in [1.165, 1.54) is 78.4 Å². The molecule has 3 saturated heterocycles. The first-order valence-electron chi connectivity index (χ1n) is 25.1. The van der Waals surface area contributed by atoms with E-state index in [4.69, 9.17) is 18.9 Å². The SMILES string of the molecule is CCNC(=O)[C@H]1O[C@@H](n2cnc3c(NC(=O)Nc4ccc(S(=O)(=O)NC5CC5)cc4)ncnc32)[C@@H]2OC(C)(C)O[C@@H]21.CCNC(=O)[C@H]1O[C@@H](n2cnc3c(NC(=O)Nc4ccc(S(=O)(=O)NC5CC5)cc4)ncnc32)[C@H](O)[C@@H]1O. The summed E-state index contributed by atoms with van der Waals surface area (Å²) in [6.45, 7) is 7.82. The van der Waals surface area contributed by atoms with Crippen LogP contribution in [0.25, 0.3) is 22.3 Å². The van der Waals surface area contributed by atoms with Crippen LogP contribution >= 0.6 is 0 Å². The zero-order valence-corrected chi connectivity index (χ0v) is 44.3. The molecule has 30 nitrogen and oxygen atoms in total. The number of ether oxygens (including phenoxy) is 4. The number of nitrogens with one attached hydrogen (secondary N) is 8. The number of benzene rings is 2. The highest BCUT2D eigenvalue weighted by atomic mass is 32.2. The third-order valence-corrected chi connectivity index (χ3v) is 15.9. The number of imidazole rings is 2. The van der Waals surface area contributed by atoms with Crippen LogP contribution in [0.5, 0.6) is 0 Å². The number of sulfonamides is 2. The van der Waals surface area contributed by atoms with Gasteiger partial charge in [-0.05, 0) is 102 Å². The molecule has 0 unspecified atom stereocenters. The van der Waals surface area contributed by atoms with Crippen molar-refractivity contribution in [1.29, 1.82) is 0 Å². The van der Waals surface area contributed by atoms with Gasteiger partial charge in [0.05, 0.1) is 22.4 Å². The van der Waals surface area contributed by atoms with Crippen LogP contribution in [0.4, 0.5) is 32.6 Å². The molecule has 420 valence electrons. The van der Waals surface area contributed by atoms with Gasteiger partial charge in [-0.1, -0.05) is 0 Å². The number of carbonyl (C=O) groups excluding carboxylic acids is 4. The van der Waals surface area contributed by atoms with Gasteiger partial charge in [-0.3, -0.25) is 29.4 Å². The molecule has 11 rings (SSSR count). The van der Waals surface area contributed by atoms with Gasteiger partial charge < -0.3 is 50.4 Å². The Kier molecular flexibility index (Phi) is 15.3. The van der Waals surface area contributed by atoms with Crippen LogP contribution in [0, 0.1) is 0 Å². The molecule has 0 bridgehead atoms. The van der Waals surface area contributed by atoms with Gasteiger partial charge >= 0.3 is 12.1 Å². The Labute approximate surface area is 450 Å². The minimum atomic E-state index is -3.61. The number of carbonyl (C=O) groups is 4. The van der Waals surface area contributed by atoms with Crippen molar-refractivity contribution < 1.29 is 65.2 Å². The maximum absolute atomic E-state index is 12.8. The summed E-state index contributed by atoms with van der Waals surface area (Å²) in [6, 6.07) is 10.2. The van der Waals surface area contributed by atoms with Crippen molar-refractivity contribution in [3.05, 3.63) is 73.8 Å². The Hall–Kier alpha value is -7.40. The molecule has 2 saturated carbocycles. The number of fused-ring (bicyclic) bond motifs is 3. The van der Waals surface area contributed by atoms with Gasteiger partial charge in [-0.25, -0.2) is 65.8 Å². The number of amides is 6. The lowest BCUT2D eigenvalue weighted by molar-refractivity contribution is -0.197. The lowest BCUT2D eigenvalue weighted by Gasteiger charge is -2.24. The monoisotopic (exact) mass is 1130 g/mol. The summed E-state index contributed by atoms with van der Waals surface area (Å²) in [6.07, 6.45) is 0.207. The lowest BCUT2D eigenvalue weighted by Crippen LogP contribution is -2.42. The number of nitrogens with zero attached hydrogens (tertiary/aromatic N) is 8. The number of aliphatic hydroxyl groups excluding tert-OH is 2. The fraction of sp³-hybridized carbons (Fsp3) is 0.447. The standard InChI is InChI=1S/C25H30N8O7S.C22H26N8O7S/c1-4-26-22(34)18-17-19(40-25(2,3)39-17)23(38-18)33-12-29-16-20(27-11-28-21(16)33)31-24(35)30-13-7-9-15(10-8-13)41(36,37)32-14-5-6-14;1-2-23-20(33)17-15(31)16(32)21(37-17)30-10-26-14-18(24-9-25-19(14)30)28-22(34)27-11-5-7-13(8-6-11)38(35,36)29-12-3-4-12/h7-12,14,17-19,23,32H,4-6H2,1-3H3,(H,26,34)(H2,27,28,30,31,35);5-10,12,15-17,21,29,31-32H,2-4H2,1H3,(H,23,33)(H2,24,25,27,28,34)/t17-,18+,19-,23-;15-,16+,17-,21+/m10/s1. The molecule has 4 aromatic heterocycles. The maximum atomic E-state index is 12.8. The normalized spacial score (nSPS) is 24.3. The van der Waals surface area contributed by atoms with E-state index in [1.54, 1.807) is 25.3 Å². The predicted molar refractivity (Wildman–Crippen MR) is 277 cm³/mol. The molecule has 6 amide bonds. The highest BCUT2D eigenvalue weighted by molar-refractivity contribution is 7.89. The smallest absolute Gasteiger partial charge is 0.324 e. The van der Waals surface area contributed by atoms with Gasteiger partial charge in [0.2, 0.25) is 20.0 Å². The highest BCUT2D eigenvalue weighted by Crippen LogP contribution is 2.44. The van der Waals surface area contributed by atoms with E-state index >= 15 is 0 Å². The van der Waals surface area contributed by atoms with Gasteiger partial charge in [0.1, 0.15) is 37.1 Å². The Morgan fingerprint density at radius 2 is 1.01 bits per heavy atom. The number of rotatable bonds is 16. The van der Waals surface area contributed by atoms with Crippen LogP contribution in [0.1, 0.15) is 65.8 Å². The van der Waals surface area contributed by atoms with E-state index in [9.17, 15) is 46.2 Å². The second kappa shape index (κ2) is 22.0. The minimum Gasteiger partial charge on any atom is -0.387 e. The molecule has 8 atom stereocenters. The fourth-order valence-electron chi connectivity index (χ4n) is 8.88. The summed E-state index contributed by atoms with van der Waals surface area (Å²) in [5, 5.41) is 36.6. The molecule has 10 N–H and O–H groups in total. The number of anilines is 4. The molecule has 5 fully saturated rings. The number of urea groups is 2. The highest BCUT2D eigenvalue weighted by Gasteiger charge is 2.58. The van der Waals surface area contributed by atoms with Crippen molar-refractivity contribution in [2.45, 2.75) is 130 Å². The molecule has 6 aromatic rings. The number of aliphatic hydroxyl groups is 2. The average Bonchev–Trinajstić information content (AvgIpc) is 4.33.